The van der Waals surface area contributed by atoms with Gasteiger partial charge in [-0.3, -0.25) is 14.4 Å². The standard InChI is InChI=1S/C17H28N4O/c1-13(17(22)19-15-5-3-4-6-15)21-11-8-14(9-12-21)16-7-10-18-20(16)2/h7,10,13-15H,3-6,8-9,11-12H2,1-2H3,(H,19,22)/t13-/m1/s1. The van der Waals surface area contributed by atoms with Gasteiger partial charge in [0, 0.05) is 30.9 Å². The van der Waals surface area contributed by atoms with E-state index in [1.165, 1.54) is 18.5 Å². The second-order valence-electron chi connectivity index (χ2n) is 6.86. The highest BCUT2D eigenvalue weighted by Crippen LogP contribution is 2.28. The Bertz CT molecular complexity index is 499. The van der Waals surface area contributed by atoms with Gasteiger partial charge in [0.1, 0.15) is 0 Å². The van der Waals surface area contributed by atoms with Crippen LogP contribution < -0.4 is 5.32 Å². The van der Waals surface area contributed by atoms with Crippen molar-refractivity contribution in [1.29, 1.82) is 0 Å². The van der Waals surface area contributed by atoms with Crippen LogP contribution in [0.5, 0.6) is 0 Å². The van der Waals surface area contributed by atoms with E-state index >= 15 is 0 Å². The number of aromatic nitrogens is 2. The van der Waals surface area contributed by atoms with Crippen molar-refractivity contribution < 1.29 is 4.79 Å². The van der Waals surface area contributed by atoms with Gasteiger partial charge in [-0.15, -0.1) is 0 Å². The topological polar surface area (TPSA) is 50.2 Å². The number of hydrogen-bond donors (Lipinski definition) is 1. The predicted octanol–water partition coefficient (Wildman–Crippen LogP) is 2.05. The molecule has 1 N–H and O–H groups in total. The number of amides is 1. The van der Waals surface area contributed by atoms with Gasteiger partial charge in [0.2, 0.25) is 5.91 Å². The molecule has 0 unspecified atom stereocenters. The Morgan fingerprint density at radius 1 is 1.27 bits per heavy atom. The van der Waals surface area contributed by atoms with Crippen molar-refractivity contribution >= 4 is 5.91 Å². The maximum absolute atomic E-state index is 12.4. The smallest absolute Gasteiger partial charge is 0.237 e. The van der Waals surface area contributed by atoms with Gasteiger partial charge in [0.25, 0.3) is 0 Å². The minimum absolute atomic E-state index is 0.00640. The summed E-state index contributed by atoms with van der Waals surface area (Å²) < 4.78 is 1.98. The number of nitrogens with one attached hydrogen (secondary N) is 1. The van der Waals surface area contributed by atoms with Gasteiger partial charge >= 0.3 is 0 Å². The van der Waals surface area contributed by atoms with E-state index in [0.717, 1.165) is 38.8 Å². The second kappa shape index (κ2) is 6.82. The predicted molar refractivity (Wildman–Crippen MR) is 86.6 cm³/mol. The summed E-state index contributed by atoms with van der Waals surface area (Å²) in [4.78, 5) is 14.7. The van der Waals surface area contributed by atoms with Crippen molar-refractivity contribution in [2.45, 2.75) is 63.5 Å². The first kappa shape index (κ1) is 15.5. The van der Waals surface area contributed by atoms with Crippen LogP contribution in [0.25, 0.3) is 0 Å². The van der Waals surface area contributed by atoms with Crippen LogP contribution >= 0.6 is 0 Å². The third-order valence-corrected chi connectivity index (χ3v) is 5.44. The van der Waals surface area contributed by atoms with Crippen LogP contribution in [0.15, 0.2) is 12.3 Å². The van der Waals surface area contributed by atoms with Gasteiger partial charge in [-0.05, 0) is 51.8 Å². The van der Waals surface area contributed by atoms with E-state index in [2.05, 4.69) is 28.3 Å². The zero-order chi connectivity index (χ0) is 15.5. The minimum atomic E-state index is -0.00640. The largest absolute Gasteiger partial charge is 0.352 e. The lowest BCUT2D eigenvalue weighted by molar-refractivity contribution is -0.127. The number of nitrogens with zero attached hydrogens (tertiary/aromatic N) is 3. The number of carbonyl (C=O) groups is 1. The molecule has 3 rings (SSSR count). The van der Waals surface area contributed by atoms with E-state index in [-0.39, 0.29) is 11.9 Å². The lowest BCUT2D eigenvalue weighted by atomic mass is 9.92. The van der Waals surface area contributed by atoms with Crippen LogP contribution in [0.3, 0.4) is 0 Å². The van der Waals surface area contributed by atoms with E-state index < -0.39 is 0 Å². The molecule has 5 heteroatoms. The average Bonchev–Trinajstić information content (AvgIpc) is 3.18. The summed E-state index contributed by atoms with van der Waals surface area (Å²) in [7, 11) is 2.01. The fourth-order valence-corrected chi connectivity index (χ4v) is 3.92. The van der Waals surface area contributed by atoms with Gasteiger partial charge in [0.05, 0.1) is 6.04 Å². The lowest BCUT2D eigenvalue weighted by Crippen LogP contribution is -2.50. The molecular formula is C17H28N4O. The summed E-state index contributed by atoms with van der Waals surface area (Å²) in [6.45, 7) is 4.04. The molecule has 0 spiro atoms. The quantitative estimate of drug-likeness (QED) is 0.926. The molecule has 1 amide bonds. The van der Waals surface area contributed by atoms with Crippen molar-refractivity contribution in [3.05, 3.63) is 18.0 Å². The molecular weight excluding hydrogens is 276 g/mol. The molecule has 5 nitrogen and oxygen atoms in total. The van der Waals surface area contributed by atoms with Crippen molar-refractivity contribution in [2.75, 3.05) is 13.1 Å². The van der Waals surface area contributed by atoms with Crippen LogP contribution in [-0.4, -0.2) is 45.8 Å². The number of piperidine rings is 1. The highest BCUT2D eigenvalue weighted by atomic mass is 16.2. The Kier molecular flexibility index (Phi) is 4.81. The number of aryl methyl sites for hydroxylation is 1. The third kappa shape index (κ3) is 3.35. The minimum Gasteiger partial charge on any atom is -0.352 e. The molecule has 0 bridgehead atoms. The zero-order valence-corrected chi connectivity index (χ0v) is 13.8. The van der Waals surface area contributed by atoms with Crippen molar-refractivity contribution in [1.82, 2.24) is 20.0 Å². The van der Waals surface area contributed by atoms with Crippen molar-refractivity contribution in [2.24, 2.45) is 7.05 Å². The summed E-state index contributed by atoms with van der Waals surface area (Å²) >= 11 is 0. The van der Waals surface area contributed by atoms with E-state index in [1.54, 1.807) is 0 Å². The molecule has 1 saturated heterocycles. The third-order valence-electron chi connectivity index (χ3n) is 5.44. The molecule has 1 aliphatic carbocycles. The van der Waals surface area contributed by atoms with Gasteiger partial charge < -0.3 is 5.32 Å². The summed E-state index contributed by atoms with van der Waals surface area (Å²) in [6.07, 6.45) is 8.92. The van der Waals surface area contributed by atoms with Crippen molar-refractivity contribution in [3.8, 4) is 0 Å². The number of carbonyl (C=O) groups excluding carboxylic acids is 1. The Morgan fingerprint density at radius 2 is 1.95 bits per heavy atom. The molecule has 1 aromatic rings. The van der Waals surface area contributed by atoms with Crippen LogP contribution in [0.4, 0.5) is 0 Å². The maximum atomic E-state index is 12.4. The van der Waals surface area contributed by atoms with E-state index in [4.69, 9.17) is 0 Å². The highest BCUT2D eigenvalue weighted by Gasteiger charge is 2.29. The molecule has 22 heavy (non-hydrogen) atoms. The Balaban J connectivity index is 1.50. The number of hydrogen-bond acceptors (Lipinski definition) is 3. The molecule has 1 atom stereocenters. The average molecular weight is 304 g/mol. The summed E-state index contributed by atoms with van der Waals surface area (Å²) in [5, 5.41) is 7.50. The normalized spacial score (nSPS) is 22.8. The Hall–Kier alpha value is -1.36. The first-order valence-electron chi connectivity index (χ1n) is 8.67. The molecule has 2 aliphatic rings. The van der Waals surface area contributed by atoms with Crippen LogP contribution in [0.2, 0.25) is 0 Å². The summed E-state index contributed by atoms with van der Waals surface area (Å²) in [5.74, 6) is 0.791. The fourth-order valence-electron chi connectivity index (χ4n) is 3.92. The maximum Gasteiger partial charge on any atom is 0.237 e. The first-order chi connectivity index (χ1) is 10.6. The highest BCUT2D eigenvalue weighted by molar-refractivity contribution is 5.81. The van der Waals surface area contributed by atoms with E-state index in [0.29, 0.717) is 12.0 Å². The molecule has 2 fully saturated rings. The van der Waals surface area contributed by atoms with E-state index in [1.807, 2.05) is 17.9 Å². The van der Waals surface area contributed by atoms with Crippen LogP contribution in [-0.2, 0) is 11.8 Å². The molecule has 1 aliphatic heterocycles. The van der Waals surface area contributed by atoms with Gasteiger partial charge in [-0.25, -0.2) is 0 Å². The zero-order valence-electron chi connectivity index (χ0n) is 13.8. The molecule has 1 saturated carbocycles. The molecule has 1 aromatic heterocycles. The molecule has 2 heterocycles. The van der Waals surface area contributed by atoms with Gasteiger partial charge in [-0.1, -0.05) is 12.8 Å². The van der Waals surface area contributed by atoms with E-state index in [9.17, 15) is 4.79 Å². The monoisotopic (exact) mass is 304 g/mol. The van der Waals surface area contributed by atoms with Gasteiger partial charge in [0.15, 0.2) is 0 Å². The first-order valence-corrected chi connectivity index (χ1v) is 8.67. The second-order valence-corrected chi connectivity index (χ2v) is 6.86. The van der Waals surface area contributed by atoms with Gasteiger partial charge in [-0.2, -0.15) is 5.10 Å². The number of rotatable bonds is 4. The summed E-state index contributed by atoms with van der Waals surface area (Å²) in [6, 6.07) is 2.53. The molecule has 122 valence electrons. The lowest BCUT2D eigenvalue weighted by Gasteiger charge is -2.35. The Morgan fingerprint density at radius 3 is 2.55 bits per heavy atom. The van der Waals surface area contributed by atoms with Crippen molar-refractivity contribution in [3.63, 3.8) is 0 Å². The molecule has 0 radical (unpaired) electrons. The Labute approximate surface area is 133 Å². The van der Waals surface area contributed by atoms with Crippen LogP contribution in [0, 0.1) is 0 Å². The summed E-state index contributed by atoms with van der Waals surface area (Å²) in [5.41, 5.74) is 1.32. The SMILES string of the molecule is C[C@H](C(=O)NC1CCCC1)N1CCC(c2ccnn2C)CC1. The fraction of sp³-hybridized carbons (Fsp3) is 0.765. The van der Waals surface area contributed by atoms with Crippen LogP contribution in [0.1, 0.15) is 57.1 Å². The molecule has 0 aromatic carbocycles. The number of likely N-dealkylation sites (tertiary alicyclic amines) is 1.